The third-order valence-corrected chi connectivity index (χ3v) is 6.62. The van der Waals surface area contributed by atoms with Gasteiger partial charge in [0.2, 0.25) is 0 Å². The first-order chi connectivity index (χ1) is 19.1. The average Bonchev–Trinajstić information content (AvgIpc) is 3.32. The van der Waals surface area contributed by atoms with E-state index >= 15 is 0 Å². The lowest BCUT2D eigenvalue weighted by Gasteiger charge is -2.34. The normalized spacial score (nSPS) is 14.6. The van der Waals surface area contributed by atoms with Gasteiger partial charge in [-0.2, -0.15) is 0 Å². The predicted octanol–water partition coefficient (Wildman–Crippen LogP) is 2.85. The number of hydrogen-bond donors (Lipinski definition) is 0. The highest BCUT2D eigenvalue weighted by molar-refractivity contribution is 6.22. The van der Waals surface area contributed by atoms with Crippen LogP contribution in [0.3, 0.4) is 0 Å². The second kappa shape index (κ2) is 12.4. The molecule has 2 aromatic rings. The molecule has 5 amide bonds. The molecule has 0 fully saturated rings. The van der Waals surface area contributed by atoms with Crippen molar-refractivity contribution in [3.8, 4) is 0 Å². The van der Waals surface area contributed by atoms with E-state index in [2.05, 4.69) is 0 Å². The Kier molecular flexibility index (Phi) is 8.96. The molecule has 2 aliphatic rings. The van der Waals surface area contributed by atoms with E-state index in [0.29, 0.717) is 22.3 Å². The molecule has 212 valence electrons. The monoisotopic (exact) mass is 551 g/mol. The molecule has 0 N–H and O–H groups in total. The summed E-state index contributed by atoms with van der Waals surface area (Å²) in [4.78, 5) is 66.2. The summed E-state index contributed by atoms with van der Waals surface area (Å²) in [7, 11) is 0. The first-order valence-electron chi connectivity index (χ1n) is 13.1. The number of rotatable bonds is 12. The number of nitrogens with zero attached hydrogens (tertiary/aromatic N) is 3. The van der Waals surface area contributed by atoms with Crippen LogP contribution in [0.5, 0.6) is 0 Å². The Bertz CT molecular complexity index is 1230. The molecule has 11 nitrogen and oxygen atoms in total. The van der Waals surface area contributed by atoms with Gasteiger partial charge < -0.3 is 19.1 Å². The first kappa shape index (κ1) is 28.9. The summed E-state index contributed by atoms with van der Waals surface area (Å²) in [5.74, 6) is -1.37. The number of carbonyl (C=O) groups is 5. The molecule has 2 aliphatic heterocycles. The van der Waals surface area contributed by atoms with Crippen LogP contribution in [0.2, 0.25) is 0 Å². The molecule has 0 saturated heterocycles. The number of imide groups is 2. The predicted molar refractivity (Wildman–Crippen MR) is 143 cm³/mol. The molecule has 0 bridgehead atoms. The van der Waals surface area contributed by atoms with E-state index in [1.54, 1.807) is 48.5 Å². The summed E-state index contributed by atoms with van der Waals surface area (Å²) >= 11 is 0. The van der Waals surface area contributed by atoms with Crippen molar-refractivity contribution in [2.45, 2.75) is 26.3 Å². The molecule has 2 heterocycles. The van der Waals surface area contributed by atoms with Crippen molar-refractivity contribution in [3.05, 3.63) is 70.8 Å². The van der Waals surface area contributed by atoms with Gasteiger partial charge in [0, 0.05) is 12.1 Å². The highest BCUT2D eigenvalue weighted by Gasteiger charge is 2.36. The van der Waals surface area contributed by atoms with Gasteiger partial charge in [-0.05, 0) is 45.0 Å². The molecule has 0 aromatic heterocycles. The van der Waals surface area contributed by atoms with Gasteiger partial charge in [0.15, 0.2) is 0 Å². The molecule has 2 aromatic carbocycles. The van der Waals surface area contributed by atoms with Crippen LogP contribution in [-0.2, 0) is 14.2 Å². The van der Waals surface area contributed by atoms with Crippen molar-refractivity contribution in [1.29, 1.82) is 0 Å². The maximum Gasteiger partial charge on any atom is 0.410 e. The minimum Gasteiger partial charge on any atom is -0.447 e. The second-order valence-corrected chi connectivity index (χ2v) is 10.3. The van der Waals surface area contributed by atoms with E-state index in [0.717, 1.165) is 9.80 Å². The molecule has 0 unspecified atom stereocenters. The van der Waals surface area contributed by atoms with Gasteiger partial charge in [-0.1, -0.05) is 24.3 Å². The molecule has 4 rings (SSSR count). The Hall–Kier alpha value is -4.09. The summed E-state index contributed by atoms with van der Waals surface area (Å²) in [6.45, 7) is 6.60. The lowest BCUT2D eigenvalue weighted by molar-refractivity contribution is 0.0204. The van der Waals surface area contributed by atoms with Crippen LogP contribution in [0.25, 0.3) is 0 Å². The molecule has 40 heavy (non-hydrogen) atoms. The van der Waals surface area contributed by atoms with Crippen molar-refractivity contribution in [2.75, 3.05) is 52.7 Å². The Morgan fingerprint density at radius 3 is 1.45 bits per heavy atom. The van der Waals surface area contributed by atoms with E-state index in [1.807, 2.05) is 20.8 Å². The number of benzene rings is 2. The number of hydrogen-bond acceptors (Lipinski definition) is 8. The van der Waals surface area contributed by atoms with Crippen molar-refractivity contribution in [2.24, 2.45) is 0 Å². The van der Waals surface area contributed by atoms with Gasteiger partial charge in [-0.25, -0.2) is 4.79 Å². The highest BCUT2D eigenvalue weighted by Crippen LogP contribution is 2.23. The molecular weight excluding hydrogens is 518 g/mol. The van der Waals surface area contributed by atoms with Crippen molar-refractivity contribution in [1.82, 2.24) is 14.7 Å². The molecule has 0 radical (unpaired) electrons. The van der Waals surface area contributed by atoms with E-state index in [9.17, 15) is 24.0 Å². The fourth-order valence-electron chi connectivity index (χ4n) is 4.52. The summed E-state index contributed by atoms with van der Waals surface area (Å²) in [5.41, 5.74) is 1.01. The lowest BCUT2D eigenvalue weighted by Crippen LogP contribution is -2.48. The van der Waals surface area contributed by atoms with Gasteiger partial charge in [0.05, 0.1) is 61.8 Å². The van der Waals surface area contributed by atoms with E-state index in [1.165, 1.54) is 4.90 Å². The van der Waals surface area contributed by atoms with Crippen molar-refractivity contribution < 1.29 is 38.2 Å². The number of ether oxygens (including phenoxy) is 3. The summed E-state index contributed by atoms with van der Waals surface area (Å²) < 4.78 is 16.5. The lowest BCUT2D eigenvalue weighted by atomic mass is 10.1. The number of amides is 5. The van der Waals surface area contributed by atoms with Gasteiger partial charge in [-0.3, -0.25) is 29.0 Å². The standard InChI is InChI=1S/C29H33N3O8/c1-29(2,3)32(14-17-38-15-12-30-24(33)20-8-4-5-9-21(20)25(30)34)28(37)40-19-18-39-16-13-31-26(35)22-10-6-7-11-23(22)27(31)36/h4-11H,12-19H2,1-3H3. The highest BCUT2D eigenvalue weighted by atomic mass is 16.6. The third kappa shape index (κ3) is 6.21. The van der Waals surface area contributed by atoms with Gasteiger partial charge in [-0.15, -0.1) is 0 Å². The number of fused-ring (bicyclic) bond motifs is 2. The molecule has 11 heteroatoms. The van der Waals surface area contributed by atoms with Gasteiger partial charge >= 0.3 is 6.09 Å². The summed E-state index contributed by atoms with van der Waals surface area (Å²) in [6, 6.07) is 13.4. The Labute approximate surface area is 232 Å². The van der Waals surface area contributed by atoms with Gasteiger partial charge in [0.25, 0.3) is 23.6 Å². The van der Waals surface area contributed by atoms with Crippen LogP contribution in [0, 0.1) is 0 Å². The van der Waals surface area contributed by atoms with E-state index < -0.39 is 11.6 Å². The minimum absolute atomic E-state index is 0.00582. The fraction of sp³-hybridized carbons (Fsp3) is 0.414. The van der Waals surface area contributed by atoms with Crippen LogP contribution < -0.4 is 0 Å². The molecule has 0 spiro atoms. The molecule has 0 atom stereocenters. The van der Waals surface area contributed by atoms with Gasteiger partial charge in [0.1, 0.15) is 6.61 Å². The van der Waals surface area contributed by atoms with Crippen LogP contribution >= 0.6 is 0 Å². The molecular formula is C29H33N3O8. The smallest absolute Gasteiger partial charge is 0.410 e. The quantitative estimate of drug-likeness (QED) is 0.292. The van der Waals surface area contributed by atoms with E-state index in [-0.39, 0.29) is 76.3 Å². The average molecular weight is 552 g/mol. The topological polar surface area (TPSA) is 123 Å². The Morgan fingerprint density at radius 2 is 1.05 bits per heavy atom. The zero-order valence-electron chi connectivity index (χ0n) is 22.9. The van der Waals surface area contributed by atoms with Crippen LogP contribution in [0.15, 0.2) is 48.5 Å². The molecule has 0 aliphatic carbocycles. The largest absolute Gasteiger partial charge is 0.447 e. The Balaban J connectivity index is 1.13. The summed E-state index contributed by atoms with van der Waals surface area (Å²) in [5, 5.41) is 0. The third-order valence-electron chi connectivity index (χ3n) is 6.62. The first-order valence-corrected chi connectivity index (χ1v) is 13.1. The number of carbonyl (C=O) groups excluding carboxylic acids is 5. The second-order valence-electron chi connectivity index (χ2n) is 10.3. The van der Waals surface area contributed by atoms with Crippen LogP contribution in [-0.4, -0.2) is 103 Å². The summed E-state index contributed by atoms with van der Waals surface area (Å²) in [6.07, 6.45) is -0.541. The van der Waals surface area contributed by atoms with Crippen LogP contribution in [0.1, 0.15) is 62.2 Å². The maximum atomic E-state index is 12.7. The minimum atomic E-state index is -0.546. The molecule has 0 saturated carbocycles. The zero-order chi connectivity index (χ0) is 28.9. The van der Waals surface area contributed by atoms with Crippen molar-refractivity contribution in [3.63, 3.8) is 0 Å². The SMILES string of the molecule is CC(C)(C)N(CCOCCN1C(=O)c2ccccc2C1=O)C(=O)OCCOCCN1C(=O)c2ccccc2C1=O. The van der Waals surface area contributed by atoms with E-state index in [4.69, 9.17) is 14.2 Å². The van der Waals surface area contributed by atoms with Crippen molar-refractivity contribution >= 4 is 29.7 Å². The maximum absolute atomic E-state index is 12.7. The van der Waals surface area contributed by atoms with Crippen LogP contribution in [0.4, 0.5) is 4.79 Å². The zero-order valence-corrected chi connectivity index (χ0v) is 22.9. The fourth-order valence-corrected chi connectivity index (χ4v) is 4.52. The Morgan fingerprint density at radius 1 is 0.650 bits per heavy atom.